The van der Waals surface area contributed by atoms with Crippen molar-refractivity contribution in [3.05, 3.63) is 6.08 Å². The second kappa shape index (κ2) is 4.30. The normalized spacial score (nSPS) is 12.9. The van der Waals surface area contributed by atoms with Gasteiger partial charge in [-0.2, -0.15) is 0 Å². The molecule has 0 rings (SSSR count). The van der Waals surface area contributed by atoms with E-state index in [-0.39, 0.29) is 0 Å². The van der Waals surface area contributed by atoms with E-state index in [4.69, 9.17) is 0 Å². The van der Waals surface area contributed by atoms with Crippen LogP contribution in [0.5, 0.6) is 0 Å². The number of hydrogen-bond acceptors (Lipinski definition) is 2. The maximum absolute atomic E-state index is 9.80. The molecule has 0 saturated heterocycles. The lowest BCUT2D eigenvalue weighted by molar-refractivity contribution is 0.371. The maximum atomic E-state index is 9.80. The largest absolute Gasteiger partial charge is 0.309 e. The van der Waals surface area contributed by atoms with E-state index in [0.29, 0.717) is 5.92 Å². The molecule has 0 fully saturated rings. The van der Waals surface area contributed by atoms with E-state index in [0.717, 1.165) is 6.54 Å². The fraction of sp³-hybridized carbons (Fsp3) is 0.714. The van der Waals surface area contributed by atoms with Crippen molar-refractivity contribution in [2.45, 2.75) is 6.92 Å². The van der Waals surface area contributed by atoms with Crippen molar-refractivity contribution >= 4 is 5.94 Å². The van der Waals surface area contributed by atoms with E-state index >= 15 is 0 Å². The van der Waals surface area contributed by atoms with Crippen LogP contribution in [0.4, 0.5) is 0 Å². The molecule has 0 aliphatic heterocycles. The van der Waals surface area contributed by atoms with Crippen molar-refractivity contribution in [3.8, 4) is 0 Å². The Morgan fingerprint density at radius 2 is 2.22 bits per heavy atom. The molecule has 0 N–H and O–H groups in total. The molecule has 0 aromatic carbocycles. The highest BCUT2D eigenvalue weighted by molar-refractivity contribution is 5.45. The molecule has 0 aromatic heterocycles. The lowest BCUT2D eigenvalue weighted by Gasteiger charge is -2.11. The zero-order valence-electron chi connectivity index (χ0n) is 6.22. The molecule has 0 heterocycles. The molecular formula is C7H13NO. The molecule has 1 unspecified atom stereocenters. The second-order valence-corrected chi connectivity index (χ2v) is 2.52. The van der Waals surface area contributed by atoms with Gasteiger partial charge in [-0.15, -0.1) is 0 Å². The summed E-state index contributed by atoms with van der Waals surface area (Å²) >= 11 is 0. The molecule has 0 bridgehead atoms. The summed E-state index contributed by atoms with van der Waals surface area (Å²) in [5, 5.41) is 0. The molecule has 52 valence electrons. The van der Waals surface area contributed by atoms with Gasteiger partial charge in [0.15, 0.2) is 0 Å². The van der Waals surface area contributed by atoms with Crippen molar-refractivity contribution in [2.75, 3.05) is 20.6 Å². The summed E-state index contributed by atoms with van der Waals surface area (Å²) in [4.78, 5) is 11.8. The summed E-state index contributed by atoms with van der Waals surface area (Å²) < 4.78 is 0. The van der Waals surface area contributed by atoms with Crippen molar-refractivity contribution in [2.24, 2.45) is 5.92 Å². The van der Waals surface area contributed by atoms with Gasteiger partial charge < -0.3 is 4.90 Å². The lowest BCUT2D eigenvalue weighted by atomic mass is 10.2. The predicted molar refractivity (Wildman–Crippen MR) is 38.0 cm³/mol. The van der Waals surface area contributed by atoms with E-state index in [1.807, 2.05) is 25.9 Å². The topological polar surface area (TPSA) is 20.3 Å². The molecule has 0 spiro atoms. The van der Waals surface area contributed by atoms with Crippen LogP contribution in [-0.2, 0) is 4.79 Å². The summed E-state index contributed by atoms with van der Waals surface area (Å²) in [6, 6.07) is 0. The predicted octanol–water partition coefficient (Wildman–Crippen LogP) is 0.572. The van der Waals surface area contributed by atoms with Gasteiger partial charge in [0.25, 0.3) is 0 Å². The molecule has 0 aliphatic carbocycles. The molecule has 2 heteroatoms. The second-order valence-electron chi connectivity index (χ2n) is 2.52. The van der Waals surface area contributed by atoms with Crippen LogP contribution < -0.4 is 0 Å². The highest BCUT2D eigenvalue weighted by Gasteiger charge is 1.97. The Bertz CT molecular complexity index is 114. The van der Waals surface area contributed by atoms with Gasteiger partial charge in [-0.05, 0) is 20.0 Å². The minimum atomic E-state index is 0.317. The number of rotatable bonds is 3. The van der Waals surface area contributed by atoms with E-state index < -0.39 is 0 Å². The molecular weight excluding hydrogens is 114 g/mol. The fourth-order valence-corrected chi connectivity index (χ4v) is 0.745. The van der Waals surface area contributed by atoms with E-state index in [1.54, 1.807) is 12.0 Å². The van der Waals surface area contributed by atoms with E-state index in [9.17, 15) is 4.79 Å². The molecule has 0 saturated carbocycles. The summed E-state index contributed by atoms with van der Waals surface area (Å²) in [5.74, 6) is 2.09. The highest BCUT2D eigenvalue weighted by Crippen LogP contribution is 1.94. The first-order valence-electron chi connectivity index (χ1n) is 3.02. The Morgan fingerprint density at radius 3 is 2.56 bits per heavy atom. The van der Waals surface area contributed by atoms with E-state index in [1.165, 1.54) is 0 Å². The van der Waals surface area contributed by atoms with Gasteiger partial charge >= 0.3 is 0 Å². The van der Waals surface area contributed by atoms with Crippen molar-refractivity contribution in [1.82, 2.24) is 4.90 Å². The van der Waals surface area contributed by atoms with Crippen LogP contribution in [0.3, 0.4) is 0 Å². The lowest BCUT2D eigenvalue weighted by Crippen LogP contribution is -2.18. The third kappa shape index (κ3) is 5.28. The average Bonchev–Trinajstić information content (AvgIpc) is 1.63. The van der Waals surface area contributed by atoms with Gasteiger partial charge in [-0.3, -0.25) is 0 Å². The summed E-state index contributed by atoms with van der Waals surface area (Å²) in [6.45, 7) is 2.90. The Morgan fingerprint density at radius 1 is 1.67 bits per heavy atom. The smallest absolute Gasteiger partial charge is 0.120 e. The van der Waals surface area contributed by atoms with Gasteiger partial charge in [0.1, 0.15) is 5.94 Å². The molecule has 0 aliphatic rings. The summed E-state index contributed by atoms with van der Waals surface area (Å²) in [6.07, 6.45) is 1.54. The highest BCUT2D eigenvalue weighted by atomic mass is 16.1. The van der Waals surface area contributed by atoms with Crippen LogP contribution in [0.2, 0.25) is 0 Å². The monoisotopic (exact) mass is 127 g/mol. The van der Waals surface area contributed by atoms with Gasteiger partial charge in [-0.1, -0.05) is 6.92 Å². The molecule has 0 radical (unpaired) electrons. The standard InChI is InChI=1S/C7H13NO/c1-7(4-5-9)6-8(2)3/h4,7H,6H2,1-3H3. The Balaban J connectivity index is 3.49. The maximum Gasteiger partial charge on any atom is 0.120 e. The van der Waals surface area contributed by atoms with Gasteiger partial charge in [0.05, 0.1) is 0 Å². The van der Waals surface area contributed by atoms with Crippen LogP contribution in [0.25, 0.3) is 0 Å². The van der Waals surface area contributed by atoms with Crippen LogP contribution in [0.1, 0.15) is 6.92 Å². The quantitative estimate of drug-likeness (QED) is 0.517. The number of carbonyl (C=O) groups excluding carboxylic acids is 1. The van der Waals surface area contributed by atoms with Crippen LogP contribution in [0, 0.1) is 5.92 Å². The Kier molecular flexibility index (Phi) is 4.02. The third-order valence-electron chi connectivity index (χ3n) is 1.01. The zero-order valence-corrected chi connectivity index (χ0v) is 6.22. The van der Waals surface area contributed by atoms with Gasteiger partial charge in [0.2, 0.25) is 0 Å². The molecule has 0 aromatic rings. The average molecular weight is 127 g/mol. The first kappa shape index (κ1) is 8.41. The molecule has 1 atom stereocenters. The Labute approximate surface area is 56.2 Å². The van der Waals surface area contributed by atoms with Crippen LogP contribution >= 0.6 is 0 Å². The zero-order chi connectivity index (χ0) is 7.28. The van der Waals surface area contributed by atoms with Crippen molar-refractivity contribution in [3.63, 3.8) is 0 Å². The van der Waals surface area contributed by atoms with Gasteiger partial charge in [-0.25, -0.2) is 4.79 Å². The molecule has 2 nitrogen and oxygen atoms in total. The minimum Gasteiger partial charge on any atom is -0.309 e. The fourth-order valence-electron chi connectivity index (χ4n) is 0.745. The number of nitrogens with zero attached hydrogens (tertiary/aromatic N) is 1. The first-order chi connectivity index (χ1) is 4.16. The molecule has 9 heavy (non-hydrogen) atoms. The number of hydrogen-bond donors (Lipinski definition) is 0. The van der Waals surface area contributed by atoms with Crippen LogP contribution in [-0.4, -0.2) is 31.5 Å². The Hall–Kier alpha value is -0.590. The minimum absolute atomic E-state index is 0.317. The van der Waals surface area contributed by atoms with E-state index in [2.05, 4.69) is 0 Å². The SMILES string of the molecule is CC(C=C=O)CN(C)C. The summed E-state index contributed by atoms with van der Waals surface area (Å²) in [5.41, 5.74) is 0. The first-order valence-corrected chi connectivity index (χ1v) is 3.02. The van der Waals surface area contributed by atoms with Crippen LogP contribution in [0.15, 0.2) is 6.08 Å². The van der Waals surface area contributed by atoms with Crippen molar-refractivity contribution < 1.29 is 4.79 Å². The van der Waals surface area contributed by atoms with Gasteiger partial charge in [0, 0.05) is 12.6 Å². The van der Waals surface area contributed by atoms with Crippen molar-refractivity contribution in [1.29, 1.82) is 0 Å². The third-order valence-corrected chi connectivity index (χ3v) is 1.01. The summed E-state index contributed by atoms with van der Waals surface area (Å²) in [7, 11) is 3.96. The molecule has 0 amide bonds.